The van der Waals surface area contributed by atoms with Gasteiger partial charge in [-0.3, -0.25) is 9.89 Å². The molecule has 0 bridgehead atoms. The first kappa shape index (κ1) is 20.3. The first-order valence-electron chi connectivity index (χ1n) is 10.3. The summed E-state index contributed by atoms with van der Waals surface area (Å²) in [5.74, 6) is 0.996. The lowest BCUT2D eigenvalue weighted by atomic mass is 9.86. The molecule has 0 radical (unpaired) electrons. The predicted molar refractivity (Wildman–Crippen MR) is 106 cm³/mol. The fourth-order valence-corrected chi connectivity index (χ4v) is 6.06. The van der Waals surface area contributed by atoms with Crippen molar-refractivity contribution in [2.45, 2.75) is 77.2 Å². The van der Waals surface area contributed by atoms with Crippen LogP contribution in [-0.2, 0) is 21.2 Å². The van der Waals surface area contributed by atoms with E-state index in [9.17, 15) is 13.2 Å². The molecule has 1 unspecified atom stereocenters. The van der Waals surface area contributed by atoms with Crippen LogP contribution in [0.4, 0.5) is 5.82 Å². The van der Waals surface area contributed by atoms with Crippen molar-refractivity contribution < 1.29 is 13.2 Å². The predicted octanol–water partition coefficient (Wildman–Crippen LogP) is 3.07. The fourth-order valence-electron chi connectivity index (χ4n) is 4.32. The van der Waals surface area contributed by atoms with Gasteiger partial charge in [-0.1, -0.05) is 45.4 Å². The van der Waals surface area contributed by atoms with Crippen LogP contribution in [0.15, 0.2) is 6.07 Å². The van der Waals surface area contributed by atoms with Gasteiger partial charge in [-0.25, -0.2) is 8.42 Å². The lowest BCUT2D eigenvalue weighted by molar-refractivity contribution is -0.120. The molecular weight excluding hydrogens is 364 g/mol. The van der Waals surface area contributed by atoms with Crippen LogP contribution in [0.3, 0.4) is 0 Å². The van der Waals surface area contributed by atoms with Gasteiger partial charge < -0.3 is 5.32 Å². The lowest BCUT2D eigenvalue weighted by Gasteiger charge is -2.33. The molecule has 1 atom stereocenters. The molecule has 152 valence electrons. The average molecular weight is 397 g/mol. The minimum Gasteiger partial charge on any atom is -0.308 e. The summed E-state index contributed by atoms with van der Waals surface area (Å²) in [6, 6.07) is 1.26. The number of nitrogens with one attached hydrogen (secondary N) is 2. The Labute approximate surface area is 162 Å². The van der Waals surface area contributed by atoms with Crippen molar-refractivity contribution in [3.05, 3.63) is 11.8 Å². The van der Waals surface area contributed by atoms with Crippen LogP contribution < -0.4 is 5.32 Å². The molecule has 1 aliphatic heterocycles. The molecule has 1 aromatic heterocycles. The molecule has 2 N–H and O–H groups in total. The van der Waals surface area contributed by atoms with Crippen molar-refractivity contribution in [2.24, 2.45) is 5.92 Å². The average Bonchev–Trinajstić information content (AvgIpc) is 3.09. The highest BCUT2D eigenvalue weighted by Crippen LogP contribution is 2.27. The third-order valence-corrected chi connectivity index (χ3v) is 7.77. The van der Waals surface area contributed by atoms with Crippen LogP contribution in [0.25, 0.3) is 0 Å². The molecule has 27 heavy (non-hydrogen) atoms. The molecule has 2 fully saturated rings. The Balaban J connectivity index is 1.61. The maximum atomic E-state index is 12.8. The highest BCUT2D eigenvalue weighted by Gasteiger charge is 2.36. The Hall–Kier alpha value is -1.41. The van der Waals surface area contributed by atoms with Crippen molar-refractivity contribution in [2.75, 3.05) is 17.6 Å². The molecule has 0 aromatic carbocycles. The molecule has 1 aromatic rings. The van der Waals surface area contributed by atoms with Crippen molar-refractivity contribution in [3.8, 4) is 0 Å². The molecule has 1 saturated heterocycles. The number of carbonyl (C=O) groups excluding carboxylic acids is 1. The second kappa shape index (κ2) is 9.19. The highest BCUT2D eigenvalue weighted by atomic mass is 32.2. The van der Waals surface area contributed by atoms with E-state index in [-0.39, 0.29) is 11.7 Å². The van der Waals surface area contributed by atoms with Crippen LogP contribution >= 0.6 is 0 Å². The summed E-state index contributed by atoms with van der Waals surface area (Å²) in [5, 5.41) is 10.1. The summed E-state index contributed by atoms with van der Waals surface area (Å²) < 4.78 is 26.4. The highest BCUT2D eigenvalue weighted by molar-refractivity contribution is 7.89. The second-order valence-electron chi connectivity index (χ2n) is 7.91. The van der Waals surface area contributed by atoms with Gasteiger partial charge in [0.05, 0.1) is 5.75 Å². The zero-order chi connectivity index (χ0) is 19.3. The minimum atomic E-state index is -3.39. The van der Waals surface area contributed by atoms with Crippen molar-refractivity contribution in [1.29, 1.82) is 0 Å². The zero-order valence-corrected chi connectivity index (χ0v) is 17.1. The van der Waals surface area contributed by atoms with Crippen LogP contribution in [0.5, 0.6) is 0 Å². The zero-order valence-electron chi connectivity index (χ0n) is 16.2. The van der Waals surface area contributed by atoms with E-state index in [4.69, 9.17) is 0 Å². The van der Waals surface area contributed by atoms with Gasteiger partial charge in [0.25, 0.3) is 0 Å². The summed E-state index contributed by atoms with van der Waals surface area (Å²) >= 11 is 0. The normalized spacial score (nSPS) is 22.6. The minimum absolute atomic E-state index is 0.0880. The van der Waals surface area contributed by atoms with Gasteiger partial charge in [-0.15, -0.1) is 0 Å². The Morgan fingerprint density at radius 2 is 1.96 bits per heavy atom. The molecule has 2 heterocycles. The van der Waals surface area contributed by atoms with Gasteiger partial charge in [-0.05, 0) is 31.6 Å². The van der Waals surface area contributed by atoms with E-state index in [1.165, 1.54) is 36.4 Å². The number of piperidine rings is 1. The van der Waals surface area contributed by atoms with Crippen LogP contribution in [0.1, 0.15) is 70.4 Å². The summed E-state index contributed by atoms with van der Waals surface area (Å²) in [6.07, 6.45) is 10.2. The first-order chi connectivity index (χ1) is 13.0. The Bertz CT molecular complexity index is 725. The van der Waals surface area contributed by atoms with Gasteiger partial charge in [0.15, 0.2) is 5.82 Å². The number of aromatic amines is 1. The van der Waals surface area contributed by atoms with E-state index in [1.807, 2.05) is 13.0 Å². The van der Waals surface area contributed by atoms with Crippen molar-refractivity contribution in [1.82, 2.24) is 14.5 Å². The fraction of sp³-hybridized carbons (Fsp3) is 0.789. The van der Waals surface area contributed by atoms with E-state index < -0.39 is 16.1 Å². The molecule has 1 aliphatic carbocycles. The number of aromatic nitrogens is 2. The SMILES string of the molecule is CCCS(=O)(=O)N1CCCCC1C(=O)Nc1cc(CC2CCCCC2)[nH]n1. The van der Waals surface area contributed by atoms with E-state index in [1.54, 1.807) is 0 Å². The molecule has 8 heteroatoms. The molecule has 0 spiro atoms. The largest absolute Gasteiger partial charge is 0.308 e. The lowest BCUT2D eigenvalue weighted by Crippen LogP contribution is -2.50. The maximum Gasteiger partial charge on any atom is 0.244 e. The Kier molecular flexibility index (Phi) is 6.92. The van der Waals surface area contributed by atoms with E-state index in [2.05, 4.69) is 15.5 Å². The van der Waals surface area contributed by atoms with Gasteiger partial charge in [0, 0.05) is 18.3 Å². The van der Waals surface area contributed by atoms with Crippen molar-refractivity contribution in [3.63, 3.8) is 0 Å². The quantitative estimate of drug-likeness (QED) is 0.740. The van der Waals surface area contributed by atoms with Gasteiger partial charge in [-0.2, -0.15) is 9.40 Å². The Morgan fingerprint density at radius 3 is 2.70 bits per heavy atom. The van der Waals surface area contributed by atoms with Crippen LogP contribution in [0.2, 0.25) is 0 Å². The number of sulfonamides is 1. The number of carbonyl (C=O) groups is 1. The van der Waals surface area contributed by atoms with Gasteiger partial charge >= 0.3 is 0 Å². The van der Waals surface area contributed by atoms with Crippen molar-refractivity contribution >= 4 is 21.7 Å². The molecule has 1 amide bonds. The smallest absolute Gasteiger partial charge is 0.244 e. The third kappa shape index (κ3) is 5.31. The maximum absolute atomic E-state index is 12.8. The van der Waals surface area contributed by atoms with Crippen LogP contribution in [-0.4, -0.2) is 47.2 Å². The van der Waals surface area contributed by atoms with E-state index in [0.29, 0.717) is 31.1 Å². The number of hydrogen-bond acceptors (Lipinski definition) is 4. The second-order valence-corrected chi connectivity index (χ2v) is 9.96. The number of hydrogen-bond donors (Lipinski definition) is 2. The summed E-state index contributed by atoms with van der Waals surface area (Å²) in [6.45, 7) is 2.27. The molecule has 7 nitrogen and oxygen atoms in total. The number of amides is 1. The Morgan fingerprint density at radius 1 is 1.22 bits per heavy atom. The van der Waals surface area contributed by atoms with E-state index >= 15 is 0 Å². The summed E-state index contributed by atoms with van der Waals surface area (Å²) in [4.78, 5) is 12.8. The van der Waals surface area contributed by atoms with Crippen LogP contribution in [0, 0.1) is 5.92 Å². The first-order valence-corrected chi connectivity index (χ1v) is 11.9. The summed E-state index contributed by atoms with van der Waals surface area (Å²) in [5.41, 5.74) is 1.04. The number of rotatable bonds is 7. The third-order valence-electron chi connectivity index (χ3n) is 5.69. The van der Waals surface area contributed by atoms with Gasteiger partial charge in [0.1, 0.15) is 6.04 Å². The monoisotopic (exact) mass is 396 g/mol. The molecular formula is C19H32N4O3S. The topological polar surface area (TPSA) is 95.2 Å². The number of H-pyrrole nitrogens is 1. The number of nitrogens with zero attached hydrogens (tertiary/aromatic N) is 2. The van der Waals surface area contributed by atoms with E-state index in [0.717, 1.165) is 25.0 Å². The standard InChI is InChI=1S/C19H32N4O3S/c1-2-12-27(25,26)23-11-7-6-10-17(23)19(24)20-18-14-16(21-22-18)13-15-8-4-3-5-9-15/h14-15,17H,2-13H2,1H3,(H2,20,21,22,24). The number of anilines is 1. The molecule has 2 aliphatic rings. The van der Waals surface area contributed by atoms with Gasteiger partial charge in [0.2, 0.25) is 15.9 Å². The summed E-state index contributed by atoms with van der Waals surface area (Å²) in [7, 11) is -3.39. The molecule has 1 saturated carbocycles. The molecule has 3 rings (SSSR count).